The van der Waals surface area contributed by atoms with Crippen LogP contribution in [-0.4, -0.2) is 83.1 Å². The third-order valence-electron chi connectivity index (χ3n) is 13.8. The van der Waals surface area contributed by atoms with E-state index in [0.717, 1.165) is 93.7 Å². The van der Waals surface area contributed by atoms with Gasteiger partial charge in [-0.25, -0.2) is 9.97 Å². The number of fused-ring (bicyclic) bond motifs is 2. The average molecular weight is 713 g/mol. The number of aliphatic hydroxyl groups is 1. The van der Waals surface area contributed by atoms with Crippen LogP contribution >= 0.6 is 0 Å². The van der Waals surface area contributed by atoms with Crippen molar-refractivity contribution in [1.82, 2.24) is 19.5 Å². The number of nitrogens with one attached hydrogen (secondary N) is 1. The van der Waals surface area contributed by atoms with Gasteiger partial charge >= 0.3 is 0 Å². The van der Waals surface area contributed by atoms with E-state index in [0.29, 0.717) is 54.1 Å². The van der Waals surface area contributed by atoms with Crippen molar-refractivity contribution in [2.24, 2.45) is 10.8 Å². The molecule has 0 atom stereocenters. The fraction of sp³-hybridized carbons (Fsp3) is 0.550. The Balaban J connectivity index is 0.946. The highest BCUT2D eigenvalue weighted by Crippen LogP contribution is 2.56. The summed E-state index contributed by atoms with van der Waals surface area (Å²) < 4.78 is 1.88. The van der Waals surface area contributed by atoms with E-state index in [-0.39, 0.29) is 34.2 Å². The van der Waals surface area contributed by atoms with Crippen molar-refractivity contribution in [1.29, 1.82) is 10.5 Å². The van der Waals surface area contributed by atoms with Crippen LogP contribution in [0, 0.1) is 33.5 Å². The van der Waals surface area contributed by atoms with Crippen LogP contribution in [0.25, 0.3) is 22.1 Å². The van der Waals surface area contributed by atoms with Gasteiger partial charge in [0.1, 0.15) is 45.9 Å². The lowest BCUT2D eigenvalue weighted by Gasteiger charge is -2.53. The summed E-state index contributed by atoms with van der Waals surface area (Å²) in [5.41, 5.74) is 4.17. The predicted octanol–water partition coefficient (Wildman–Crippen LogP) is 4.16. The monoisotopic (exact) mass is 712 g/mol. The molecule has 13 heteroatoms. The Kier molecular flexibility index (Phi) is 7.32. The Labute approximate surface area is 307 Å². The van der Waals surface area contributed by atoms with E-state index in [1.54, 1.807) is 0 Å². The molecule has 10 rings (SSSR count). The van der Waals surface area contributed by atoms with Crippen LogP contribution in [0.3, 0.4) is 0 Å². The van der Waals surface area contributed by atoms with Gasteiger partial charge < -0.3 is 34.3 Å². The van der Waals surface area contributed by atoms with Gasteiger partial charge in [0.05, 0.1) is 28.5 Å². The molecule has 2 aliphatic carbocycles. The number of rotatable bonds is 5. The number of pyridine rings is 4. The Morgan fingerprint density at radius 1 is 0.698 bits per heavy atom. The lowest BCUT2D eigenvalue weighted by molar-refractivity contribution is 0.0357. The zero-order valence-corrected chi connectivity index (χ0v) is 30.0. The highest BCUT2D eigenvalue weighted by molar-refractivity contribution is 5.94. The van der Waals surface area contributed by atoms with Crippen LogP contribution in [0.15, 0.2) is 33.9 Å². The van der Waals surface area contributed by atoms with E-state index in [2.05, 4.69) is 37.9 Å². The van der Waals surface area contributed by atoms with Gasteiger partial charge in [0.25, 0.3) is 11.1 Å². The van der Waals surface area contributed by atoms with E-state index in [4.69, 9.17) is 9.97 Å². The minimum atomic E-state index is -0.422. The molecule has 0 radical (unpaired) electrons. The summed E-state index contributed by atoms with van der Waals surface area (Å²) >= 11 is 0. The van der Waals surface area contributed by atoms with Gasteiger partial charge in [-0.05, 0) is 92.9 Å². The van der Waals surface area contributed by atoms with Crippen LogP contribution in [0.4, 0.5) is 23.0 Å². The number of nitrogens with zero attached hydrogens (tertiary/aromatic N) is 9. The molecule has 0 aromatic carbocycles. The largest absolute Gasteiger partial charge is 0.389 e. The zero-order valence-electron chi connectivity index (χ0n) is 30.0. The fourth-order valence-corrected chi connectivity index (χ4v) is 10.2. The summed E-state index contributed by atoms with van der Waals surface area (Å²) in [5.74, 6) is 1.63. The van der Waals surface area contributed by atoms with Gasteiger partial charge in [-0.3, -0.25) is 9.59 Å². The summed E-state index contributed by atoms with van der Waals surface area (Å²) in [6.07, 6.45) is 10.2. The van der Waals surface area contributed by atoms with Crippen LogP contribution in [0.2, 0.25) is 0 Å². The highest BCUT2D eigenvalue weighted by atomic mass is 16.3. The average Bonchev–Trinajstić information content (AvgIpc) is 3.10. The molecule has 6 aliphatic rings. The number of aromatic nitrogens is 4. The molecule has 0 unspecified atom stereocenters. The number of H-pyrrole nitrogens is 1. The van der Waals surface area contributed by atoms with Crippen LogP contribution in [0.5, 0.6) is 0 Å². The number of piperidine rings is 2. The SMILES string of the molecule is N#Cc1c(N2CCC3(CC2)CC(n2c(=O)c(C#N)c(N4CCC5(CCC5)CC4)c4nc(N5CCC5)ccc42)C3)c2nc(N3CC(O)C3)ccc2[nH]c1=O. The second-order valence-electron chi connectivity index (χ2n) is 16.7. The van der Waals surface area contributed by atoms with Gasteiger partial charge in [-0.15, -0.1) is 0 Å². The van der Waals surface area contributed by atoms with E-state index >= 15 is 0 Å². The molecule has 53 heavy (non-hydrogen) atoms. The van der Waals surface area contributed by atoms with Crippen molar-refractivity contribution in [3.63, 3.8) is 0 Å². The quantitative estimate of drug-likeness (QED) is 0.306. The zero-order chi connectivity index (χ0) is 36.1. The lowest BCUT2D eigenvalue weighted by atomic mass is 9.60. The Morgan fingerprint density at radius 2 is 1.30 bits per heavy atom. The summed E-state index contributed by atoms with van der Waals surface area (Å²) in [5, 5.41) is 30.5. The van der Waals surface area contributed by atoms with Crippen molar-refractivity contribution >= 4 is 45.1 Å². The molecule has 4 aromatic heterocycles. The summed E-state index contributed by atoms with van der Waals surface area (Å²) in [6, 6.07) is 12.2. The van der Waals surface area contributed by atoms with Gasteiger partial charge in [-0.2, -0.15) is 10.5 Å². The molecule has 2 saturated carbocycles. The van der Waals surface area contributed by atoms with Crippen molar-refractivity contribution < 1.29 is 5.11 Å². The first-order chi connectivity index (χ1) is 25.8. The second-order valence-corrected chi connectivity index (χ2v) is 16.7. The summed E-state index contributed by atoms with van der Waals surface area (Å²) in [4.78, 5) is 49.1. The fourth-order valence-electron chi connectivity index (χ4n) is 10.2. The maximum Gasteiger partial charge on any atom is 0.271 e. The van der Waals surface area contributed by atoms with Gasteiger partial charge in [0.15, 0.2) is 0 Å². The standard InChI is InChI=1S/C40H44N10O3/c41-21-27-35(33-29(43-37(27)52)3-5-32(44-33)49-23-26(51)24-49)47-17-11-40(12-18-47)19-25(20-40)50-30-4-6-31(46-13-2-14-46)45-34(30)36(28(22-42)38(50)53)48-15-9-39(10-16-48)7-1-8-39/h3-6,25-26,51H,1-2,7-20,23-24H2,(H,43,52). The number of β-amino-alcohol motifs (C(OH)–C–C–N with tert-alkyl or cyclic N) is 1. The highest BCUT2D eigenvalue weighted by Gasteiger charge is 2.48. The number of anilines is 4. The molecule has 4 saturated heterocycles. The van der Waals surface area contributed by atoms with Crippen LogP contribution < -0.4 is 30.7 Å². The van der Waals surface area contributed by atoms with Gasteiger partial charge in [-0.1, -0.05) is 6.42 Å². The molecule has 13 nitrogen and oxygen atoms in total. The smallest absolute Gasteiger partial charge is 0.271 e. The second kappa shape index (κ2) is 11.9. The Bertz CT molecular complexity index is 2350. The molecule has 6 fully saturated rings. The first-order valence-corrected chi connectivity index (χ1v) is 19.4. The van der Waals surface area contributed by atoms with E-state index in [1.807, 2.05) is 27.7 Å². The molecule has 4 aliphatic heterocycles. The number of hydrogen-bond donors (Lipinski definition) is 2. The van der Waals surface area contributed by atoms with Crippen molar-refractivity contribution in [3.8, 4) is 12.1 Å². The normalized spacial score (nSPS) is 22.3. The Hall–Kier alpha value is -5.14. The summed E-state index contributed by atoms with van der Waals surface area (Å²) in [7, 11) is 0. The molecular weight excluding hydrogens is 669 g/mol. The van der Waals surface area contributed by atoms with E-state index in [1.165, 1.54) is 19.3 Å². The molecule has 0 amide bonds. The maximum atomic E-state index is 14.4. The first-order valence-electron chi connectivity index (χ1n) is 19.4. The first kappa shape index (κ1) is 32.5. The third kappa shape index (κ3) is 5.03. The molecule has 272 valence electrons. The number of hydrogen-bond acceptors (Lipinski definition) is 11. The van der Waals surface area contributed by atoms with Crippen molar-refractivity contribution in [2.45, 2.75) is 76.4 Å². The van der Waals surface area contributed by atoms with Gasteiger partial charge in [0, 0.05) is 58.4 Å². The minimum Gasteiger partial charge on any atom is -0.389 e. The Morgan fingerprint density at radius 3 is 1.89 bits per heavy atom. The number of aromatic amines is 1. The van der Waals surface area contributed by atoms with Crippen molar-refractivity contribution in [3.05, 3.63) is 56.1 Å². The van der Waals surface area contributed by atoms with E-state index in [9.17, 15) is 25.2 Å². The molecule has 2 N–H and O–H groups in total. The number of aliphatic hydroxyl groups excluding tert-OH is 1. The molecular formula is C40H44N10O3. The van der Waals surface area contributed by atoms with Crippen LogP contribution in [0.1, 0.15) is 81.4 Å². The third-order valence-corrected chi connectivity index (χ3v) is 13.8. The van der Waals surface area contributed by atoms with Gasteiger partial charge in [0.2, 0.25) is 0 Å². The molecule has 2 spiro atoms. The number of nitriles is 2. The lowest BCUT2D eigenvalue weighted by Crippen LogP contribution is -2.51. The minimum absolute atomic E-state index is 0.0174. The maximum absolute atomic E-state index is 14.4. The topological polar surface area (TPSA) is 161 Å². The molecule has 0 bridgehead atoms. The molecule has 8 heterocycles. The molecule has 4 aromatic rings. The van der Waals surface area contributed by atoms with Crippen LogP contribution in [-0.2, 0) is 0 Å². The van der Waals surface area contributed by atoms with E-state index < -0.39 is 5.56 Å². The summed E-state index contributed by atoms with van der Waals surface area (Å²) in [6.45, 7) is 5.95. The predicted molar refractivity (Wildman–Crippen MR) is 203 cm³/mol. The van der Waals surface area contributed by atoms with Crippen molar-refractivity contribution in [2.75, 3.05) is 72.0 Å².